The van der Waals surface area contributed by atoms with Gasteiger partial charge in [0.05, 0.1) is 6.54 Å². The summed E-state index contributed by atoms with van der Waals surface area (Å²) in [6.45, 7) is 9.83. The molecule has 1 aromatic carbocycles. The van der Waals surface area contributed by atoms with Gasteiger partial charge in [-0.3, -0.25) is 4.79 Å². The summed E-state index contributed by atoms with van der Waals surface area (Å²) in [6, 6.07) is 7.73. The summed E-state index contributed by atoms with van der Waals surface area (Å²) >= 11 is 1.81. The molecule has 1 aromatic rings. The van der Waals surface area contributed by atoms with E-state index < -0.39 is 0 Å². The van der Waals surface area contributed by atoms with Crippen molar-refractivity contribution in [2.75, 3.05) is 38.2 Å². The summed E-state index contributed by atoms with van der Waals surface area (Å²) < 4.78 is 0. The third kappa shape index (κ3) is 8.80. The van der Waals surface area contributed by atoms with Crippen molar-refractivity contribution in [3.63, 3.8) is 0 Å². The second-order valence-electron chi connectivity index (χ2n) is 5.29. The lowest BCUT2D eigenvalue weighted by molar-refractivity contribution is 0.0773. The van der Waals surface area contributed by atoms with E-state index in [9.17, 15) is 4.79 Å². The quantitative estimate of drug-likeness (QED) is 0.248. The molecule has 0 aliphatic carbocycles. The van der Waals surface area contributed by atoms with Gasteiger partial charge in [0.15, 0.2) is 5.96 Å². The molecule has 0 fully saturated rings. The second kappa shape index (κ2) is 14.2. The van der Waals surface area contributed by atoms with Gasteiger partial charge in [0.1, 0.15) is 0 Å². The van der Waals surface area contributed by atoms with Crippen molar-refractivity contribution in [3.8, 4) is 0 Å². The van der Waals surface area contributed by atoms with Crippen LogP contribution in [0.5, 0.6) is 0 Å². The van der Waals surface area contributed by atoms with Crippen LogP contribution in [0.2, 0.25) is 0 Å². The normalized spacial score (nSPS) is 10.8. The third-order valence-corrected chi connectivity index (χ3v) is 4.23. The van der Waals surface area contributed by atoms with Crippen LogP contribution >= 0.6 is 35.7 Å². The molecule has 0 unspecified atom stereocenters. The summed E-state index contributed by atoms with van der Waals surface area (Å²) in [5, 5.41) is 6.55. The zero-order valence-electron chi connectivity index (χ0n) is 15.7. The Morgan fingerprint density at radius 1 is 1.12 bits per heavy atom. The maximum atomic E-state index is 12.3. The van der Waals surface area contributed by atoms with E-state index in [-0.39, 0.29) is 29.9 Å². The number of aliphatic imine (C=N–C) groups is 1. The van der Waals surface area contributed by atoms with E-state index in [2.05, 4.69) is 28.8 Å². The number of guanidine groups is 1. The highest BCUT2D eigenvalue weighted by atomic mass is 127. The van der Waals surface area contributed by atoms with E-state index in [1.807, 2.05) is 43.0 Å². The molecule has 0 aromatic heterocycles. The molecule has 1 rings (SSSR count). The number of carbonyl (C=O) groups is 1. The lowest BCUT2D eigenvalue weighted by Crippen LogP contribution is -2.38. The fraction of sp³-hybridized carbons (Fsp3) is 0.556. The first-order chi connectivity index (χ1) is 11.7. The Morgan fingerprint density at radius 2 is 1.76 bits per heavy atom. The minimum absolute atomic E-state index is 0. The maximum absolute atomic E-state index is 12.3. The summed E-state index contributed by atoms with van der Waals surface area (Å²) in [7, 11) is 0. The molecular formula is C18H31IN4OS. The third-order valence-electron chi connectivity index (χ3n) is 3.61. The van der Waals surface area contributed by atoms with Crippen LogP contribution in [0.4, 0.5) is 0 Å². The zero-order valence-corrected chi connectivity index (χ0v) is 18.8. The molecular weight excluding hydrogens is 447 g/mol. The molecule has 5 nitrogen and oxygen atoms in total. The molecule has 25 heavy (non-hydrogen) atoms. The number of hydrogen-bond donors (Lipinski definition) is 2. The van der Waals surface area contributed by atoms with Crippen LogP contribution < -0.4 is 10.6 Å². The van der Waals surface area contributed by atoms with Gasteiger partial charge in [-0.15, -0.1) is 24.0 Å². The fourth-order valence-electron chi connectivity index (χ4n) is 2.23. The molecule has 2 N–H and O–H groups in total. The van der Waals surface area contributed by atoms with Gasteiger partial charge in [0, 0.05) is 37.5 Å². The van der Waals surface area contributed by atoms with E-state index in [0.29, 0.717) is 6.54 Å². The molecule has 0 atom stereocenters. The standard InChI is InChI=1S/C18H30N4OS.HI/c1-5-19-18(20-12-13-24-4)21-14-15-8-10-16(11-9-15)17(23)22(6-2)7-3;/h8-11H,5-7,12-14H2,1-4H3,(H2,19,20,21);1H. The Balaban J connectivity index is 0.00000576. The van der Waals surface area contributed by atoms with Gasteiger partial charge in [0.25, 0.3) is 5.91 Å². The molecule has 0 heterocycles. The van der Waals surface area contributed by atoms with Crippen LogP contribution in [-0.2, 0) is 6.54 Å². The van der Waals surface area contributed by atoms with Gasteiger partial charge in [0.2, 0.25) is 0 Å². The van der Waals surface area contributed by atoms with E-state index in [1.165, 1.54) is 0 Å². The van der Waals surface area contributed by atoms with E-state index >= 15 is 0 Å². The number of nitrogens with zero attached hydrogens (tertiary/aromatic N) is 2. The zero-order chi connectivity index (χ0) is 17.8. The van der Waals surface area contributed by atoms with Crippen LogP contribution in [0.15, 0.2) is 29.3 Å². The van der Waals surface area contributed by atoms with Crippen molar-refractivity contribution in [2.24, 2.45) is 4.99 Å². The number of carbonyl (C=O) groups excluding carboxylic acids is 1. The van der Waals surface area contributed by atoms with Crippen LogP contribution in [0.1, 0.15) is 36.7 Å². The maximum Gasteiger partial charge on any atom is 0.253 e. The molecule has 0 spiro atoms. The van der Waals surface area contributed by atoms with E-state index in [0.717, 1.165) is 49.0 Å². The Hall–Kier alpha value is -0.960. The molecule has 0 saturated carbocycles. The molecule has 1 amide bonds. The first-order valence-electron chi connectivity index (χ1n) is 8.55. The lowest BCUT2D eigenvalue weighted by atomic mass is 10.1. The first-order valence-corrected chi connectivity index (χ1v) is 9.94. The van der Waals surface area contributed by atoms with Crippen LogP contribution in [-0.4, -0.2) is 55.0 Å². The van der Waals surface area contributed by atoms with Crippen LogP contribution in [0.25, 0.3) is 0 Å². The summed E-state index contributed by atoms with van der Waals surface area (Å²) in [6.07, 6.45) is 2.09. The van der Waals surface area contributed by atoms with Crippen molar-refractivity contribution < 1.29 is 4.79 Å². The Bertz CT molecular complexity index is 518. The van der Waals surface area contributed by atoms with Crippen LogP contribution in [0, 0.1) is 0 Å². The minimum atomic E-state index is 0. The van der Waals surface area contributed by atoms with E-state index in [4.69, 9.17) is 0 Å². The van der Waals surface area contributed by atoms with Crippen molar-refractivity contribution >= 4 is 47.6 Å². The van der Waals surface area contributed by atoms with Crippen molar-refractivity contribution in [2.45, 2.75) is 27.3 Å². The Morgan fingerprint density at radius 3 is 2.28 bits per heavy atom. The lowest BCUT2D eigenvalue weighted by Gasteiger charge is -2.18. The summed E-state index contributed by atoms with van der Waals surface area (Å²) in [4.78, 5) is 18.7. The molecule has 0 bridgehead atoms. The number of halogens is 1. The smallest absolute Gasteiger partial charge is 0.253 e. The highest BCUT2D eigenvalue weighted by molar-refractivity contribution is 14.0. The SMILES string of the molecule is CCNC(=NCc1ccc(C(=O)N(CC)CC)cc1)NCCSC.I. The molecule has 7 heteroatoms. The van der Waals surface area contributed by atoms with Crippen molar-refractivity contribution in [1.29, 1.82) is 0 Å². The molecule has 0 aliphatic rings. The molecule has 142 valence electrons. The minimum Gasteiger partial charge on any atom is -0.357 e. The number of nitrogens with one attached hydrogen (secondary N) is 2. The molecule has 0 saturated heterocycles. The monoisotopic (exact) mass is 478 g/mol. The molecule has 0 aliphatic heterocycles. The van der Waals surface area contributed by atoms with Gasteiger partial charge in [-0.2, -0.15) is 11.8 Å². The predicted molar refractivity (Wildman–Crippen MR) is 120 cm³/mol. The van der Waals surface area contributed by atoms with Crippen molar-refractivity contribution in [3.05, 3.63) is 35.4 Å². The van der Waals surface area contributed by atoms with Gasteiger partial charge in [-0.25, -0.2) is 4.99 Å². The predicted octanol–water partition coefficient (Wildman–Crippen LogP) is 3.20. The molecule has 0 radical (unpaired) electrons. The van der Waals surface area contributed by atoms with E-state index in [1.54, 1.807) is 11.8 Å². The average Bonchev–Trinajstić information content (AvgIpc) is 2.61. The fourth-order valence-corrected chi connectivity index (χ4v) is 2.54. The Kier molecular flexibility index (Phi) is 13.7. The average molecular weight is 478 g/mol. The van der Waals surface area contributed by atoms with Crippen molar-refractivity contribution in [1.82, 2.24) is 15.5 Å². The largest absolute Gasteiger partial charge is 0.357 e. The highest BCUT2D eigenvalue weighted by Crippen LogP contribution is 2.09. The van der Waals surface area contributed by atoms with Gasteiger partial charge in [-0.1, -0.05) is 12.1 Å². The first kappa shape index (κ1) is 24.0. The van der Waals surface area contributed by atoms with Crippen LogP contribution in [0.3, 0.4) is 0 Å². The Labute approximate surface area is 173 Å². The van der Waals surface area contributed by atoms with Gasteiger partial charge >= 0.3 is 0 Å². The second-order valence-corrected chi connectivity index (χ2v) is 6.27. The summed E-state index contributed by atoms with van der Waals surface area (Å²) in [5.41, 5.74) is 1.82. The number of thioether (sulfide) groups is 1. The number of amides is 1. The number of hydrogen-bond acceptors (Lipinski definition) is 3. The summed E-state index contributed by atoms with van der Waals surface area (Å²) in [5.74, 6) is 1.96. The number of rotatable bonds is 9. The number of benzene rings is 1. The topological polar surface area (TPSA) is 56.7 Å². The van der Waals surface area contributed by atoms with Gasteiger partial charge < -0.3 is 15.5 Å². The van der Waals surface area contributed by atoms with Gasteiger partial charge in [-0.05, 0) is 44.7 Å². The highest BCUT2D eigenvalue weighted by Gasteiger charge is 2.11.